The third kappa shape index (κ3) is 3.68. The molecule has 182 valence electrons. The lowest BCUT2D eigenvalue weighted by molar-refractivity contribution is -0.156. The number of fused-ring (bicyclic) bond motifs is 5. The number of carboxylic acids is 1. The van der Waals surface area contributed by atoms with E-state index in [2.05, 4.69) is 29.6 Å². The summed E-state index contributed by atoms with van der Waals surface area (Å²) < 4.78 is 5.69. The fourth-order valence-corrected chi connectivity index (χ4v) is 6.50. The maximum Gasteiger partial charge on any atom is 0.407 e. The van der Waals surface area contributed by atoms with Crippen LogP contribution < -0.4 is 5.32 Å². The van der Waals surface area contributed by atoms with Gasteiger partial charge in [0.2, 0.25) is 5.91 Å². The zero-order chi connectivity index (χ0) is 24.2. The van der Waals surface area contributed by atoms with Crippen LogP contribution in [0, 0.1) is 5.92 Å². The van der Waals surface area contributed by atoms with Crippen molar-refractivity contribution >= 4 is 18.0 Å². The fourth-order valence-electron chi connectivity index (χ4n) is 6.50. The van der Waals surface area contributed by atoms with Gasteiger partial charge in [-0.3, -0.25) is 4.79 Å². The van der Waals surface area contributed by atoms with Crippen molar-refractivity contribution in [1.29, 1.82) is 0 Å². The lowest BCUT2D eigenvalue weighted by Gasteiger charge is -2.34. The number of alkyl carbamates (subject to hydrolysis) is 1. The highest BCUT2D eigenvalue weighted by Gasteiger charge is 2.59. The minimum absolute atomic E-state index is 0.0513. The monoisotopic (exact) mass is 474 g/mol. The van der Waals surface area contributed by atoms with E-state index in [1.165, 1.54) is 0 Å². The minimum Gasteiger partial charge on any atom is -0.479 e. The fraction of sp³-hybridized carbons (Fsp3) is 0.464. The molecule has 0 spiro atoms. The number of carbonyl (C=O) groups excluding carboxylic acids is 2. The van der Waals surface area contributed by atoms with Gasteiger partial charge in [-0.1, -0.05) is 61.4 Å². The Kier molecular flexibility index (Phi) is 5.31. The molecule has 2 saturated heterocycles. The average Bonchev–Trinajstić information content (AvgIpc) is 3.38. The third-order valence-corrected chi connectivity index (χ3v) is 8.44. The van der Waals surface area contributed by atoms with Crippen LogP contribution in [-0.4, -0.2) is 52.2 Å². The van der Waals surface area contributed by atoms with Crippen molar-refractivity contribution in [3.63, 3.8) is 0 Å². The quantitative estimate of drug-likeness (QED) is 0.624. The highest BCUT2D eigenvalue weighted by molar-refractivity contribution is 5.93. The van der Waals surface area contributed by atoms with Crippen molar-refractivity contribution in [2.24, 2.45) is 5.92 Å². The van der Waals surface area contributed by atoms with Gasteiger partial charge in [-0.25, -0.2) is 9.59 Å². The first kappa shape index (κ1) is 22.1. The molecule has 2 aliphatic heterocycles. The van der Waals surface area contributed by atoms with E-state index in [-0.39, 0.29) is 24.5 Å². The number of nitrogens with one attached hydrogen (secondary N) is 1. The maximum absolute atomic E-state index is 13.6. The lowest BCUT2D eigenvalue weighted by atomic mass is 9.88. The maximum atomic E-state index is 13.6. The summed E-state index contributed by atoms with van der Waals surface area (Å²) >= 11 is 0. The van der Waals surface area contributed by atoms with Crippen LogP contribution in [0.5, 0.6) is 0 Å². The summed E-state index contributed by atoms with van der Waals surface area (Å²) in [7, 11) is 0. The van der Waals surface area contributed by atoms with Gasteiger partial charge in [-0.15, -0.1) is 0 Å². The van der Waals surface area contributed by atoms with Gasteiger partial charge in [-0.05, 0) is 60.3 Å². The Morgan fingerprint density at radius 2 is 1.57 bits per heavy atom. The summed E-state index contributed by atoms with van der Waals surface area (Å²) in [5.41, 5.74) is 3.45. The number of carbonyl (C=O) groups is 3. The topological polar surface area (TPSA) is 95.9 Å². The van der Waals surface area contributed by atoms with Gasteiger partial charge in [0.05, 0.1) is 0 Å². The predicted octanol–water partition coefficient (Wildman–Crippen LogP) is 4.30. The number of nitrogens with zero attached hydrogens (tertiary/aromatic N) is 1. The number of benzene rings is 2. The summed E-state index contributed by atoms with van der Waals surface area (Å²) in [5.74, 6) is -0.876. The van der Waals surface area contributed by atoms with Gasteiger partial charge in [0.1, 0.15) is 18.2 Å². The van der Waals surface area contributed by atoms with Gasteiger partial charge in [-0.2, -0.15) is 0 Å². The second kappa shape index (κ2) is 8.40. The first-order valence-electron chi connectivity index (χ1n) is 12.7. The molecule has 7 nitrogen and oxygen atoms in total. The van der Waals surface area contributed by atoms with E-state index >= 15 is 0 Å². The van der Waals surface area contributed by atoms with Crippen LogP contribution in [0.2, 0.25) is 0 Å². The van der Waals surface area contributed by atoms with Gasteiger partial charge >= 0.3 is 12.1 Å². The van der Waals surface area contributed by atoms with E-state index in [4.69, 9.17) is 4.74 Å². The summed E-state index contributed by atoms with van der Waals surface area (Å²) in [6.45, 7) is 0.176. The standard InChI is InChI=1S/C28H30N2O5/c31-25(30-18-11-13-28(30,14-12-18)26(32)33)24(15-17-9-10-17)29-27(34)35-16-23-21-7-3-1-5-19(21)20-6-2-4-8-22(20)23/h1-8,17-18,23-24H,9-16H2,(H,29,34)(H,32,33). The Labute approximate surface area is 204 Å². The first-order chi connectivity index (χ1) is 17.0. The Balaban J connectivity index is 1.17. The summed E-state index contributed by atoms with van der Waals surface area (Å²) in [6, 6.07) is 15.5. The van der Waals surface area contributed by atoms with Crippen LogP contribution in [-0.2, 0) is 14.3 Å². The molecule has 0 aromatic heterocycles. The van der Waals surface area contributed by atoms with E-state index in [0.29, 0.717) is 38.0 Å². The van der Waals surface area contributed by atoms with Gasteiger partial charge < -0.3 is 20.1 Å². The molecule has 1 atom stereocenters. The Bertz CT molecular complexity index is 1140. The van der Waals surface area contributed by atoms with Gasteiger partial charge in [0.25, 0.3) is 0 Å². The smallest absolute Gasteiger partial charge is 0.407 e. The van der Waals surface area contributed by atoms with E-state index < -0.39 is 23.6 Å². The second-order valence-electron chi connectivity index (χ2n) is 10.5. The van der Waals surface area contributed by atoms with Gasteiger partial charge in [0.15, 0.2) is 0 Å². The molecule has 1 unspecified atom stereocenters. The predicted molar refractivity (Wildman–Crippen MR) is 129 cm³/mol. The molecule has 2 heterocycles. The number of aliphatic carboxylic acids is 1. The second-order valence-corrected chi connectivity index (χ2v) is 10.5. The summed E-state index contributed by atoms with van der Waals surface area (Å²) in [6.07, 6.45) is 4.36. The lowest BCUT2D eigenvalue weighted by Crippen LogP contribution is -2.57. The van der Waals surface area contributed by atoms with Crippen molar-refractivity contribution < 1.29 is 24.2 Å². The summed E-state index contributed by atoms with van der Waals surface area (Å²) in [4.78, 5) is 40.2. The first-order valence-corrected chi connectivity index (χ1v) is 12.7. The van der Waals surface area contributed by atoms with Gasteiger partial charge in [0, 0.05) is 12.0 Å². The Morgan fingerprint density at radius 3 is 2.14 bits per heavy atom. The SMILES string of the molecule is O=C(NC(CC1CC1)C(=O)N1C2CCC1(C(=O)O)CC2)OCC1c2ccccc2-c2ccccc21. The van der Waals surface area contributed by atoms with Crippen molar-refractivity contribution in [3.05, 3.63) is 59.7 Å². The van der Waals surface area contributed by atoms with Crippen LogP contribution in [0.4, 0.5) is 4.79 Å². The largest absolute Gasteiger partial charge is 0.479 e. The molecule has 35 heavy (non-hydrogen) atoms. The van der Waals surface area contributed by atoms with Crippen LogP contribution >= 0.6 is 0 Å². The number of amides is 2. The zero-order valence-corrected chi connectivity index (χ0v) is 19.6. The Hall–Kier alpha value is -3.35. The molecule has 3 fully saturated rings. The Morgan fingerprint density at radius 1 is 0.971 bits per heavy atom. The van der Waals surface area contributed by atoms with E-state index in [9.17, 15) is 19.5 Å². The molecule has 1 saturated carbocycles. The van der Waals surface area contributed by atoms with Crippen LogP contribution in [0.25, 0.3) is 11.1 Å². The average molecular weight is 475 g/mol. The molecule has 2 aliphatic carbocycles. The number of rotatable bonds is 7. The van der Waals surface area contributed by atoms with Crippen molar-refractivity contribution in [2.45, 2.75) is 68.5 Å². The molecule has 0 radical (unpaired) electrons. The molecular weight excluding hydrogens is 444 g/mol. The zero-order valence-electron chi connectivity index (χ0n) is 19.6. The van der Waals surface area contributed by atoms with Crippen molar-refractivity contribution in [3.8, 4) is 11.1 Å². The van der Waals surface area contributed by atoms with Crippen molar-refractivity contribution in [2.75, 3.05) is 6.61 Å². The number of hydrogen-bond acceptors (Lipinski definition) is 4. The van der Waals surface area contributed by atoms with Crippen LogP contribution in [0.1, 0.15) is 62.0 Å². The molecule has 6 rings (SSSR count). The minimum atomic E-state index is -1.12. The number of hydrogen-bond donors (Lipinski definition) is 2. The highest BCUT2D eigenvalue weighted by Crippen LogP contribution is 2.48. The number of carboxylic acid groups (broad SMARTS) is 1. The molecule has 2 N–H and O–H groups in total. The highest BCUT2D eigenvalue weighted by atomic mass is 16.5. The van der Waals surface area contributed by atoms with Crippen molar-refractivity contribution in [1.82, 2.24) is 10.2 Å². The van der Waals surface area contributed by atoms with E-state index in [0.717, 1.165) is 35.1 Å². The molecule has 2 bridgehead atoms. The molecule has 2 aromatic carbocycles. The normalized spacial score (nSPS) is 25.1. The van der Waals surface area contributed by atoms with E-state index in [1.807, 2.05) is 24.3 Å². The third-order valence-electron chi connectivity index (χ3n) is 8.44. The molecule has 2 amide bonds. The molecule has 4 aliphatic rings. The summed E-state index contributed by atoms with van der Waals surface area (Å²) in [5, 5.41) is 12.7. The molecular formula is C28H30N2O5. The van der Waals surface area contributed by atoms with Crippen LogP contribution in [0.15, 0.2) is 48.5 Å². The van der Waals surface area contributed by atoms with E-state index in [1.54, 1.807) is 4.90 Å². The number of ether oxygens (including phenoxy) is 1. The van der Waals surface area contributed by atoms with Crippen LogP contribution in [0.3, 0.4) is 0 Å². The molecule has 7 heteroatoms. The molecule has 2 aromatic rings.